The second kappa shape index (κ2) is 7.02. The number of carbonyl (C=O) groups is 2. The summed E-state index contributed by atoms with van der Waals surface area (Å²) in [5, 5.41) is 0. The molecule has 4 nitrogen and oxygen atoms in total. The highest BCUT2D eigenvalue weighted by atomic mass is 32.2. The van der Waals surface area contributed by atoms with Crippen LogP contribution >= 0.6 is 11.8 Å². The third-order valence-corrected chi connectivity index (χ3v) is 7.56. The first kappa shape index (κ1) is 17.0. The maximum Gasteiger partial charge on any atom is 0.234 e. The Morgan fingerprint density at radius 3 is 2.48 bits per heavy atom. The molecule has 0 radical (unpaired) electrons. The zero-order valence-corrected chi connectivity index (χ0v) is 15.5. The number of amides is 2. The van der Waals surface area contributed by atoms with Gasteiger partial charge in [-0.25, -0.2) is 0 Å². The maximum absolute atomic E-state index is 12.7. The third-order valence-electron chi connectivity index (χ3n) is 6.00. The Bertz CT molecular complexity index is 634. The molecule has 1 aromatic rings. The topological polar surface area (TPSA) is 40.6 Å². The van der Waals surface area contributed by atoms with Crippen LogP contribution in [0.2, 0.25) is 0 Å². The summed E-state index contributed by atoms with van der Waals surface area (Å²) < 4.78 is 0. The number of piperidine rings is 1. The molecule has 134 valence electrons. The standard InChI is InChI=1S/C20H26N2O2S/c23-18-15-25-20(22(18)14-16-6-2-1-3-7-16)10-12-21(13-11-20)19(24)17-8-4-5-9-17/h1-3,6-7,17H,4-5,8-15H2. The smallest absolute Gasteiger partial charge is 0.234 e. The number of hydrogen-bond acceptors (Lipinski definition) is 3. The lowest BCUT2D eigenvalue weighted by Crippen LogP contribution is -2.53. The Kier molecular flexibility index (Phi) is 4.76. The van der Waals surface area contributed by atoms with Crippen molar-refractivity contribution in [1.82, 2.24) is 9.80 Å². The fourth-order valence-electron chi connectivity index (χ4n) is 4.50. The molecule has 0 aromatic heterocycles. The van der Waals surface area contributed by atoms with E-state index in [2.05, 4.69) is 21.9 Å². The third kappa shape index (κ3) is 3.31. The van der Waals surface area contributed by atoms with Crippen LogP contribution in [0.15, 0.2) is 30.3 Å². The molecule has 25 heavy (non-hydrogen) atoms. The average Bonchev–Trinajstić information content (AvgIpc) is 3.28. The minimum absolute atomic E-state index is 0.112. The molecular weight excluding hydrogens is 332 g/mol. The summed E-state index contributed by atoms with van der Waals surface area (Å²) in [5.41, 5.74) is 1.18. The molecule has 3 fully saturated rings. The minimum Gasteiger partial charge on any atom is -0.342 e. The normalized spacial score (nSPS) is 23.6. The van der Waals surface area contributed by atoms with Crippen LogP contribution in [-0.4, -0.2) is 45.3 Å². The fraction of sp³-hybridized carbons (Fsp3) is 0.600. The van der Waals surface area contributed by atoms with E-state index in [0.29, 0.717) is 18.2 Å². The number of rotatable bonds is 3. The molecule has 0 unspecified atom stereocenters. The maximum atomic E-state index is 12.7. The Labute approximate surface area is 153 Å². The van der Waals surface area contributed by atoms with E-state index >= 15 is 0 Å². The van der Waals surface area contributed by atoms with Crippen LogP contribution in [0.25, 0.3) is 0 Å². The molecule has 2 amide bonds. The van der Waals surface area contributed by atoms with Gasteiger partial charge in [0.25, 0.3) is 0 Å². The van der Waals surface area contributed by atoms with Crippen LogP contribution in [-0.2, 0) is 16.1 Å². The van der Waals surface area contributed by atoms with Crippen LogP contribution in [0.5, 0.6) is 0 Å². The summed E-state index contributed by atoms with van der Waals surface area (Å²) in [6, 6.07) is 10.2. The molecular formula is C20H26N2O2S. The summed E-state index contributed by atoms with van der Waals surface area (Å²) in [6.45, 7) is 2.27. The molecule has 0 atom stereocenters. The van der Waals surface area contributed by atoms with Gasteiger partial charge in [-0.3, -0.25) is 9.59 Å². The zero-order valence-electron chi connectivity index (χ0n) is 14.7. The van der Waals surface area contributed by atoms with Crippen molar-refractivity contribution in [3.63, 3.8) is 0 Å². The monoisotopic (exact) mass is 358 g/mol. The molecule has 1 aromatic carbocycles. The first-order valence-electron chi connectivity index (χ1n) is 9.45. The number of nitrogens with zero attached hydrogens (tertiary/aromatic N) is 2. The van der Waals surface area contributed by atoms with E-state index in [1.807, 2.05) is 18.2 Å². The van der Waals surface area contributed by atoms with E-state index in [1.54, 1.807) is 11.8 Å². The van der Waals surface area contributed by atoms with Crippen LogP contribution in [0.3, 0.4) is 0 Å². The summed E-state index contributed by atoms with van der Waals surface area (Å²) >= 11 is 1.79. The van der Waals surface area contributed by atoms with Crippen LogP contribution < -0.4 is 0 Å². The van der Waals surface area contributed by atoms with Crippen molar-refractivity contribution >= 4 is 23.6 Å². The van der Waals surface area contributed by atoms with Crippen LogP contribution in [0.4, 0.5) is 0 Å². The van der Waals surface area contributed by atoms with Crippen molar-refractivity contribution < 1.29 is 9.59 Å². The van der Waals surface area contributed by atoms with Crippen LogP contribution in [0.1, 0.15) is 44.1 Å². The molecule has 1 saturated carbocycles. The molecule has 0 bridgehead atoms. The summed E-state index contributed by atoms with van der Waals surface area (Å²) in [5.74, 6) is 1.43. The number of benzene rings is 1. The molecule has 1 spiro atoms. The summed E-state index contributed by atoms with van der Waals surface area (Å²) in [7, 11) is 0. The van der Waals surface area contributed by atoms with E-state index in [-0.39, 0.29) is 16.7 Å². The molecule has 4 rings (SSSR count). The minimum atomic E-state index is -0.112. The average molecular weight is 359 g/mol. The van der Waals surface area contributed by atoms with E-state index in [9.17, 15) is 9.59 Å². The molecule has 5 heteroatoms. The Morgan fingerprint density at radius 2 is 1.80 bits per heavy atom. The first-order valence-corrected chi connectivity index (χ1v) is 10.4. The predicted octanol–water partition coefficient (Wildman–Crippen LogP) is 3.27. The van der Waals surface area contributed by atoms with Gasteiger partial charge in [0.05, 0.1) is 10.6 Å². The van der Waals surface area contributed by atoms with Gasteiger partial charge in [0.15, 0.2) is 0 Å². The second-order valence-corrected chi connectivity index (χ2v) is 8.84. The van der Waals surface area contributed by atoms with Crippen LogP contribution in [0, 0.1) is 5.92 Å². The van der Waals surface area contributed by atoms with Crippen molar-refractivity contribution in [2.75, 3.05) is 18.8 Å². The molecule has 1 aliphatic carbocycles. The number of likely N-dealkylation sites (tertiary alicyclic amines) is 1. The summed E-state index contributed by atoms with van der Waals surface area (Å²) in [4.78, 5) is 29.2. The van der Waals surface area contributed by atoms with Gasteiger partial charge in [-0.1, -0.05) is 43.2 Å². The van der Waals surface area contributed by atoms with Crippen molar-refractivity contribution in [3.8, 4) is 0 Å². The number of thioether (sulfide) groups is 1. The van der Waals surface area contributed by atoms with Gasteiger partial charge >= 0.3 is 0 Å². The van der Waals surface area contributed by atoms with Gasteiger partial charge in [-0.15, -0.1) is 11.8 Å². The van der Waals surface area contributed by atoms with Crippen molar-refractivity contribution in [3.05, 3.63) is 35.9 Å². The predicted molar refractivity (Wildman–Crippen MR) is 100.0 cm³/mol. The lowest BCUT2D eigenvalue weighted by molar-refractivity contribution is -0.138. The van der Waals surface area contributed by atoms with E-state index in [4.69, 9.17) is 0 Å². The van der Waals surface area contributed by atoms with Gasteiger partial charge in [0.1, 0.15) is 0 Å². The summed E-state index contributed by atoms with van der Waals surface area (Å²) in [6.07, 6.45) is 6.32. The van der Waals surface area contributed by atoms with Crippen molar-refractivity contribution in [1.29, 1.82) is 0 Å². The van der Waals surface area contributed by atoms with E-state index in [1.165, 1.54) is 18.4 Å². The molecule has 3 aliphatic rings. The van der Waals surface area contributed by atoms with Crippen molar-refractivity contribution in [2.45, 2.75) is 49.9 Å². The second-order valence-electron chi connectivity index (χ2n) is 7.51. The van der Waals surface area contributed by atoms with E-state index in [0.717, 1.165) is 38.8 Å². The van der Waals surface area contributed by atoms with Gasteiger partial charge in [0, 0.05) is 25.6 Å². The molecule has 2 saturated heterocycles. The Balaban J connectivity index is 1.43. The Hall–Kier alpha value is -1.49. The fourth-order valence-corrected chi connectivity index (χ4v) is 5.84. The zero-order chi connectivity index (χ0) is 17.3. The Morgan fingerprint density at radius 1 is 1.12 bits per heavy atom. The number of hydrogen-bond donors (Lipinski definition) is 0. The SMILES string of the molecule is O=C(C1CCCC1)N1CCC2(CC1)SCC(=O)N2Cc1ccccc1. The molecule has 0 N–H and O–H groups in total. The first-order chi connectivity index (χ1) is 12.2. The van der Waals surface area contributed by atoms with Gasteiger partial charge < -0.3 is 9.80 Å². The van der Waals surface area contributed by atoms with E-state index < -0.39 is 0 Å². The highest BCUT2D eigenvalue weighted by molar-refractivity contribution is 8.01. The molecule has 2 heterocycles. The highest BCUT2D eigenvalue weighted by Gasteiger charge is 2.48. The highest BCUT2D eigenvalue weighted by Crippen LogP contribution is 2.45. The lowest BCUT2D eigenvalue weighted by atomic mass is 9.98. The van der Waals surface area contributed by atoms with Gasteiger partial charge in [-0.05, 0) is 31.2 Å². The van der Waals surface area contributed by atoms with Gasteiger partial charge in [0.2, 0.25) is 11.8 Å². The largest absolute Gasteiger partial charge is 0.342 e. The van der Waals surface area contributed by atoms with Crippen molar-refractivity contribution in [2.24, 2.45) is 5.92 Å². The quantitative estimate of drug-likeness (QED) is 0.833. The lowest BCUT2D eigenvalue weighted by Gasteiger charge is -2.44. The molecule has 2 aliphatic heterocycles. The number of carbonyl (C=O) groups excluding carboxylic acids is 2. The van der Waals surface area contributed by atoms with Gasteiger partial charge in [-0.2, -0.15) is 0 Å².